The molecule has 1 unspecified atom stereocenters. The second-order valence-electron chi connectivity index (χ2n) is 7.80. The van der Waals surface area contributed by atoms with Crippen molar-refractivity contribution in [2.24, 2.45) is 5.92 Å². The Morgan fingerprint density at radius 2 is 1.97 bits per heavy atom. The van der Waals surface area contributed by atoms with Gasteiger partial charge in [0, 0.05) is 24.4 Å². The van der Waals surface area contributed by atoms with Crippen LogP contribution in [0.1, 0.15) is 32.6 Å². The number of amides is 2. The van der Waals surface area contributed by atoms with Crippen molar-refractivity contribution in [3.05, 3.63) is 53.4 Å². The molecular formula is C22H21F2N5O3S. The number of hydrogen-bond donors (Lipinski definition) is 2. The number of furan rings is 1. The minimum absolute atomic E-state index is 0.162. The van der Waals surface area contributed by atoms with Crippen LogP contribution in [0, 0.1) is 17.6 Å². The van der Waals surface area contributed by atoms with Crippen LogP contribution in [0.15, 0.2) is 40.4 Å². The van der Waals surface area contributed by atoms with Crippen molar-refractivity contribution in [3.8, 4) is 11.5 Å². The average molecular weight is 474 g/mol. The Morgan fingerprint density at radius 1 is 1.21 bits per heavy atom. The fraction of sp³-hybridized carbons (Fsp3) is 0.273. The van der Waals surface area contributed by atoms with Crippen LogP contribution in [0.2, 0.25) is 0 Å². The lowest BCUT2D eigenvalue weighted by Gasteiger charge is -2.22. The van der Waals surface area contributed by atoms with E-state index < -0.39 is 17.7 Å². The maximum absolute atomic E-state index is 13.8. The summed E-state index contributed by atoms with van der Waals surface area (Å²) in [7, 11) is 0. The minimum Gasteiger partial charge on any atom is -0.458 e. The Labute approximate surface area is 191 Å². The Hall–Kier alpha value is -3.60. The summed E-state index contributed by atoms with van der Waals surface area (Å²) in [6.45, 7) is 5.39. The molecule has 0 aliphatic carbocycles. The molecule has 0 aliphatic rings. The zero-order valence-electron chi connectivity index (χ0n) is 18.1. The summed E-state index contributed by atoms with van der Waals surface area (Å²) < 4.78 is 34.6. The fourth-order valence-electron chi connectivity index (χ4n) is 3.44. The van der Waals surface area contributed by atoms with E-state index in [2.05, 4.69) is 20.6 Å². The van der Waals surface area contributed by atoms with Gasteiger partial charge in [-0.1, -0.05) is 13.8 Å². The van der Waals surface area contributed by atoms with Crippen molar-refractivity contribution in [2.45, 2.75) is 33.4 Å². The summed E-state index contributed by atoms with van der Waals surface area (Å²) in [5, 5.41) is 7.55. The molecule has 2 N–H and O–H groups in total. The van der Waals surface area contributed by atoms with Crippen molar-refractivity contribution in [1.82, 2.24) is 19.9 Å². The molecule has 1 atom stereocenters. The van der Waals surface area contributed by atoms with Gasteiger partial charge in [-0.15, -0.1) is 11.3 Å². The number of thiazole rings is 1. The summed E-state index contributed by atoms with van der Waals surface area (Å²) in [4.78, 5) is 32.7. The molecule has 4 rings (SSSR count). The van der Waals surface area contributed by atoms with Gasteiger partial charge in [-0.05, 0) is 18.1 Å². The minimum atomic E-state index is -1.01. The Kier molecular flexibility index (Phi) is 6.23. The monoisotopic (exact) mass is 473 g/mol. The second kappa shape index (κ2) is 9.10. The summed E-state index contributed by atoms with van der Waals surface area (Å²) in [5.74, 6) is -1.61. The molecule has 0 saturated heterocycles. The number of carbonyl (C=O) groups excluding carboxylic acids is 2. The van der Waals surface area contributed by atoms with Gasteiger partial charge in [0.05, 0.1) is 23.9 Å². The van der Waals surface area contributed by atoms with E-state index in [4.69, 9.17) is 4.42 Å². The highest BCUT2D eigenvalue weighted by Gasteiger charge is 2.27. The molecule has 4 aromatic rings. The van der Waals surface area contributed by atoms with Gasteiger partial charge in [0.15, 0.2) is 22.5 Å². The van der Waals surface area contributed by atoms with E-state index in [0.717, 1.165) is 12.1 Å². The van der Waals surface area contributed by atoms with Crippen molar-refractivity contribution >= 4 is 39.3 Å². The van der Waals surface area contributed by atoms with Gasteiger partial charge in [-0.2, -0.15) is 0 Å². The zero-order chi connectivity index (χ0) is 23.7. The van der Waals surface area contributed by atoms with Gasteiger partial charge in [0.25, 0.3) is 0 Å². The molecule has 0 fully saturated rings. The molecule has 0 radical (unpaired) electrons. The second-order valence-corrected chi connectivity index (χ2v) is 8.66. The van der Waals surface area contributed by atoms with E-state index in [1.54, 1.807) is 17.5 Å². The number of fused-ring (bicyclic) bond motifs is 1. The molecule has 11 heteroatoms. The first kappa shape index (κ1) is 22.6. The summed E-state index contributed by atoms with van der Waals surface area (Å²) >= 11 is 1.23. The number of aromatic nitrogens is 3. The molecule has 8 nitrogen and oxygen atoms in total. The molecule has 0 saturated carbocycles. The van der Waals surface area contributed by atoms with Crippen molar-refractivity contribution in [1.29, 1.82) is 0 Å². The Morgan fingerprint density at radius 3 is 2.70 bits per heavy atom. The first-order chi connectivity index (χ1) is 15.7. The molecule has 3 heterocycles. The molecule has 3 aromatic heterocycles. The number of nitrogens with one attached hydrogen (secondary N) is 2. The highest BCUT2D eigenvalue weighted by atomic mass is 32.1. The van der Waals surface area contributed by atoms with Crippen molar-refractivity contribution < 1.29 is 22.8 Å². The summed E-state index contributed by atoms with van der Waals surface area (Å²) in [6.07, 6.45) is 1.40. The smallest absolute Gasteiger partial charge is 0.249 e. The Bertz CT molecular complexity index is 1330. The van der Waals surface area contributed by atoms with Crippen LogP contribution in [0.4, 0.5) is 13.9 Å². The number of anilines is 1. The summed E-state index contributed by atoms with van der Waals surface area (Å²) in [6, 6.07) is 4.80. The normalized spacial score (nSPS) is 12.3. The highest BCUT2D eigenvalue weighted by molar-refractivity contribution is 7.14. The van der Waals surface area contributed by atoms with Gasteiger partial charge < -0.3 is 19.6 Å². The van der Waals surface area contributed by atoms with Crippen molar-refractivity contribution in [3.63, 3.8) is 0 Å². The molecule has 2 amide bonds. The fourth-order valence-corrected chi connectivity index (χ4v) is 4.14. The average Bonchev–Trinajstić information content (AvgIpc) is 3.48. The maximum Gasteiger partial charge on any atom is 0.249 e. The quantitative estimate of drug-likeness (QED) is 0.411. The molecule has 0 aliphatic heterocycles. The zero-order valence-corrected chi connectivity index (χ0v) is 18.9. The van der Waals surface area contributed by atoms with E-state index in [9.17, 15) is 18.4 Å². The van der Waals surface area contributed by atoms with Gasteiger partial charge in [0.2, 0.25) is 11.8 Å². The molecule has 1 aromatic carbocycles. The lowest BCUT2D eigenvalue weighted by Crippen LogP contribution is -2.29. The topological polar surface area (TPSA) is 102 Å². The van der Waals surface area contributed by atoms with Gasteiger partial charge >= 0.3 is 0 Å². The lowest BCUT2D eigenvalue weighted by molar-refractivity contribution is -0.120. The van der Waals surface area contributed by atoms with Crippen LogP contribution >= 0.6 is 11.3 Å². The SMILES string of the molecule is CC(=O)NCc1ccc(-c2csc(NC(=O)C(C(C)C)n3cnc4cc(F)c(F)cc43)n2)o1. The number of nitrogens with zero attached hydrogens (tertiary/aromatic N) is 3. The van der Waals surface area contributed by atoms with Crippen LogP contribution in [-0.4, -0.2) is 26.3 Å². The molecular weight excluding hydrogens is 452 g/mol. The number of rotatable bonds is 7. The Balaban J connectivity index is 1.53. The number of halogens is 2. The first-order valence-electron chi connectivity index (χ1n) is 10.1. The molecule has 0 bridgehead atoms. The van der Waals surface area contributed by atoms with E-state index in [-0.39, 0.29) is 29.8 Å². The highest BCUT2D eigenvalue weighted by Crippen LogP contribution is 2.30. The number of imidazole rings is 1. The van der Waals surface area contributed by atoms with Crippen LogP contribution in [-0.2, 0) is 16.1 Å². The lowest BCUT2D eigenvalue weighted by atomic mass is 10.0. The van der Waals surface area contributed by atoms with E-state index in [1.807, 2.05) is 13.8 Å². The number of carbonyl (C=O) groups is 2. The van der Waals surface area contributed by atoms with Gasteiger partial charge in [0.1, 0.15) is 17.5 Å². The van der Waals surface area contributed by atoms with Crippen LogP contribution in [0.25, 0.3) is 22.5 Å². The third-order valence-electron chi connectivity index (χ3n) is 4.98. The standard InChI is InChI=1S/C22H21F2N5O3S/c1-11(2)20(29-10-26-16-6-14(23)15(24)7-18(16)29)21(31)28-22-27-17(9-33-22)19-5-4-13(32-19)8-25-12(3)30/h4-7,9-11,20H,8H2,1-3H3,(H,25,30)(H,27,28,31). The largest absolute Gasteiger partial charge is 0.458 e. The molecule has 33 heavy (non-hydrogen) atoms. The molecule has 0 spiro atoms. The third-order valence-corrected chi connectivity index (χ3v) is 5.73. The van der Waals surface area contributed by atoms with Crippen LogP contribution < -0.4 is 10.6 Å². The van der Waals surface area contributed by atoms with Gasteiger partial charge in [-0.25, -0.2) is 18.7 Å². The number of hydrogen-bond acceptors (Lipinski definition) is 6. The maximum atomic E-state index is 13.8. The molecule has 172 valence electrons. The van der Waals surface area contributed by atoms with Crippen molar-refractivity contribution in [2.75, 3.05) is 5.32 Å². The van der Waals surface area contributed by atoms with Crippen LogP contribution in [0.3, 0.4) is 0 Å². The van der Waals surface area contributed by atoms with E-state index in [0.29, 0.717) is 27.9 Å². The van der Waals surface area contributed by atoms with Gasteiger partial charge in [-0.3, -0.25) is 9.59 Å². The van der Waals surface area contributed by atoms with Crippen LogP contribution in [0.5, 0.6) is 0 Å². The number of benzene rings is 1. The predicted octanol–water partition coefficient (Wildman–Crippen LogP) is 4.50. The third kappa shape index (κ3) is 4.77. The summed E-state index contributed by atoms with van der Waals surface area (Å²) in [5.41, 5.74) is 1.12. The van der Waals surface area contributed by atoms with E-state index in [1.165, 1.54) is 29.2 Å². The first-order valence-corrected chi connectivity index (χ1v) is 11.0. The predicted molar refractivity (Wildman–Crippen MR) is 119 cm³/mol. The van der Waals surface area contributed by atoms with E-state index >= 15 is 0 Å².